The first-order chi connectivity index (χ1) is 17.5. The number of nitrogens with one attached hydrogen (secondary N) is 3. The molecular formula is C28H39FN4O4. The van der Waals surface area contributed by atoms with Gasteiger partial charge in [0.2, 0.25) is 5.91 Å². The van der Waals surface area contributed by atoms with E-state index in [2.05, 4.69) is 29.8 Å². The number of likely N-dealkylation sites (tertiary alicyclic amines) is 1. The van der Waals surface area contributed by atoms with E-state index >= 15 is 4.39 Å². The smallest absolute Gasteiger partial charge is 0.319 e. The average molecular weight is 515 g/mol. The third kappa shape index (κ3) is 5.33. The number of anilines is 1. The van der Waals surface area contributed by atoms with E-state index in [-0.39, 0.29) is 65.0 Å². The van der Waals surface area contributed by atoms with Crippen molar-refractivity contribution in [2.24, 2.45) is 22.7 Å². The minimum atomic E-state index is -0.667. The molecule has 5 atom stereocenters. The van der Waals surface area contributed by atoms with E-state index < -0.39 is 11.8 Å². The van der Waals surface area contributed by atoms with Crippen LogP contribution in [-0.4, -0.2) is 59.6 Å². The summed E-state index contributed by atoms with van der Waals surface area (Å²) in [5.41, 5.74) is 0.481. The molecule has 6 rings (SSSR count). The number of carbonyl (C=O) groups is 3. The van der Waals surface area contributed by atoms with E-state index in [0.717, 1.165) is 25.3 Å². The van der Waals surface area contributed by atoms with Crippen molar-refractivity contribution in [2.45, 2.75) is 70.8 Å². The average Bonchev–Trinajstić information content (AvgIpc) is 2.80. The first-order valence-corrected chi connectivity index (χ1v) is 13.6. The van der Waals surface area contributed by atoms with Gasteiger partial charge in [-0.1, -0.05) is 13.8 Å². The number of hydrogen-bond donors (Lipinski definition) is 4. The first-order valence-electron chi connectivity index (χ1n) is 13.6. The van der Waals surface area contributed by atoms with Gasteiger partial charge in [0.25, 0.3) is 5.91 Å². The predicted octanol–water partition coefficient (Wildman–Crippen LogP) is 3.66. The zero-order valence-corrected chi connectivity index (χ0v) is 21.9. The molecule has 1 aliphatic heterocycles. The highest BCUT2D eigenvalue weighted by Crippen LogP contribution is 2.66. The lowest BCUT2D eigenvalue weighted by molar-refractivity contribution is -0.126. The lowest BCUT2D eigenvalue weighted by Gasteiger charge is -2.65. The Kier molecular flexibility index (Phi) is 6.71. The van der Waals surface area contributed by atoms with E-state index in [1.807, 2.05) is 0 Å². The number of carbonyl (C=O) groups excluding carboxylic acids is 3. The molecule has 4 saturated carbocycles. The van der Waals surface area contributed by atoms with Gasteiger partial charge in [-0.05, 0) is 86.3 Å². The molecule has 9 heteroatoms. The van der Waals surface area contributed by atoms with E-state index in [9.17, 15) is 14.4 Å². The lowest BCUT2D eigenvalue weighted by atomic mass is 9.43. The lowest BCUT2D eigenvalue weighted by Crippen LogP contribution is -2.65. The maximum Gasteiger partial charge on any atom is 0.319 e. The van der Waals surface area contributed by atoms with Crippen LogP contribution in [0.25, 0.3) is 0 Å². The number of piperidine rings is 1. The van der Waals surface area contributed by atoms with Crippen LogP contribution in [0.3, 0.4) is 0 Å². The zero-order chi connectivity index (χ0) is 26.4. The number of aliphatic hydroxyl groups is 1. The van der Waals surface area contributed by atoms with Gasteiger partial charge in [-0.2, -0.15) is 0 Å². The number of halogens is 1. The van der Waals surface area contributed by atoms with Gasteiger partial charge in [-0.25, -0.2) is 9.18 Å². The summed E-state index contributed by atoms with van der Waals surface area (Å²) >= 11 is 0. The highest BCUT2D eigenvalue weighted by Gasteiger charge is 2.60. The SMILES string of the molecule is C[C@]12CC3CC(NC(=O)Nc4ccc(C(=O)N5CCC[C@H](C(=O)NCCO)C5)cc4F)(C1)C[C@@](C)(C3)C2. The minimum absolute atomic E-state index is 0.0381. The largest absolute Gasteiger partial charge is 0.395 e. The summed E-state index contributed by atoms with van der Waals surface area (Å²) in [7, 11) is 0. The van der Waals surface area contributed by atoms with Crippen molar-refractivity contribution in [1.29, 1.82) is 0 Å². The molecule has 5 aliphatic rings. The van der Waals surface area contributed by atoms with Crippen LogP contribution >= 0.6 is 0 Å². The second-order valence-electron chi connectivity index (χ2n) is 12.8. The van der Waals surface area contributed by atoms with Gasteiger partial charge in [-0.3, -0.25) is 9.59 Å². The van der Waals surface area contributed by atoms with E-state index in [4.69, 9.17) is 5.11 Å². The fourth-order valence-corrected chi connectivity index (χ4v) is 8.61. The Balaban J connectivity index is 1.21. The number of benzene rings is 1. The van der Waals surface area contributed by atoms with Gasteiger partial charge < -0.3 is 26.0 Å². The zero-order valence-electron chi connectivity index (χ0n) is 21.9. The standard InChI is InChI=1S/C28H39FN4O4/c1-26-11-18-12-27(2,15-26)17-28(13-18,16-26)32-25(37)31-22-6-5-19(10-21(22)29)24(36)33-8-3-4-20(14-33)23(35)30-7-9-34/h5-6,10,18,20,34H,3-4,7-9,11-17H2,1-2H3,(H,30,35)(H2,31,32,37)/t18?,20-,26-,27+,28?/m0/s1. The van der Waals surface area contributed by atoms with Crippen LogP contribution in [0, 0.1) is 28.5 Å². The van der Waals surface area contributed by atoms with E-state index in [1.54, 1.807) is 4.90 Å². The fraction of sp³-hybridized carbons (Fsp3) is 0.679. The Bertz CT molecular complexity index is 1080. The number of rotatable bonds is 6. The molecule has 4 aliphatic carbocycles. The summed E-state index contributed by atoms with van der Waals surface area (Å²) in [6.45, 7) is 5.46. The number of hydrogen-bond acceptors (Lipinski definition) is 4. The molecule has 1 aromatic carbocycles. The summed E-state index contributed by atoms with van der Waals surface area (Å²) in [6.07, 6.45) is 7.90. The van der Waals surface area contributed by atoms with Crippen LogP contribution in [0.2, 0.25) is 0 Å². The van der Waals surface area contributed by atoms with Crippen molar-refractivity contribution in [2.75, 3.05) is 31.6 Å². The van der Waals surface area contributed by atoms with Gasteiger partial charge >= 0.3 is 6.03 Å². The highest BCUT2D eigenvalue weighted by atomic mass is 19.1. The van der Waals surface area contributed by atoms with Crippen LogP contribution in [0.1, 0.15) is 75.6 Å². The Labute approximate surface area is 217 Å². The van der Waals surface area contributed by atoms with Crippen molar-refractivity contribution in [1.82, 2.24) is 15.5 Å². The predicted molar refractivity (Wildman–Crippen MR) is 137 cm³/mol. The van der Waals surface area contributed by atoms with E-state index in [0.29, 0.717) is 25.3 Å². The second-order valence-corrected chi connectivity index (χ2v) is 12.8. The van der Waals surface area contributed by atoms with Crippen molar-refractivity contribution < 1.29 is 23.9 Å². The molecule has 2 unspecified atom stereocenters. The van der Waals surface area contributed by atoms with Crippen LogP contribution in [0.5, 0.6) is 0 Å². The molecular weight excluding hydrogens is 475 g/mol. The van der Waals surface area contributed by atoms with Crippen LogP contribution < -0.4 is 16.0 Å². The maximum atomic E-state index is 15.0. The quantitative estimate of drug-likeness (QED) is 0.464. The van der Waals surface area contributed by atoms with Gasteiger partial charge in [0, 0.05) is 30.7 Å². The fourth-order valence-electron chi connectivity index (χ4n) is 8.61. The summed E-state index contributed by atoms with van der Waals surface area (Å²) in [4.78, 5) is 39.8. The van der Waals surface area contributed by atoms with Crippen molar-refractivity contribution in [3.63, 3.8) is 0 Å². The molecule has 8 nitrogen and oxygen atoms in total. The molecule has 4 amide bonds. The molecule has 1 aromatic rings. The molecule has 0 radical (unpaired) electrons. The molecule has 0 aromatic heterocycles. The molecule has 4 N–H and O–H groups in total. The topological polar surface area (TPSA) is 111 Å². The first kappa shape index (κ1) is 25.9. The van der Waals surface area contributed by atoms with Gasteiger partial charge in [-0.15, -0.1) is 0 Å². The van der Waals surface area contributed by atoms with Crippen LogP contribution in [-0.2, 0) is 4.79 Å². The van der Waals surface area contributed by atoms with Crippen LogP contribution in [0.4, 0.5) is 14.9 Å². The van der Waals surface area contributed by atoms with Crippen molar-refractivity contribution >= 4 is 23.5 Å². The Morgan fingerprint density at radius 1 is 1.11 bits per heavy atom. The third-order valence-electron chi connectivity index (χ3n) is 8.96. The van der Waals surface area contributed by atoms with Crippen LogP contribution in [0.15, 0.2) is 18.2 Å². The molecule has 1 heterocycles. The number of aliphatic hydroxyl groups excluding tert-OH is 1. The molecule has 1 saturated heterocycles. The number of nitrogens with zero attached hydrogens (tertiary/aromatic N) is 1. The summed E-state index contributed by atoms with van der Waals surface area (Å²) in [5.74, 6) is -0.925. The Hall–Kier alpha value is -2.68. The van der Waals surface area contributed by atoms with Gasteiger partial charge in [0.15, 0.2) is 0 Å². The third-order valence-corrected chi connectivity index (χ3v) is 8.96. The molecule has 5 fully saturated rings. The van der Waals surface area contributed by atoms with Gasteiger partial charge in [0.05, 0.1) is 18.2 Å². The molecule has 4 bridgehead atoms. The van der Waals surface area contributed by atoms with Crippen molar-refractivity contribution in [3.05, 3.63) is 29.6 Å². The highest BCUT2D eigenvalue weighted by molar-refractivity contribution is 5.96. The molecule has 202 valence electrons. The second kappa shape index (κ2) is 9.57. The summed E-state index contributed by atoms with van der Waals surface area (Å²) < 4.78 is 15.0. The Morgan fingerprint density at radius 3 is 2.49 bits per heavy atom. The van der Waals surface area contributed by atoms with E-state index in [1.165, 1.54) is 31.4 Å². The minimum Gasteiger partial charge on any atom is -0.395 e. The molecule has 0 spiro atoms. The summed E-state index contributed by atoms with van der Waals surface area (Å²) in [5, 5.41) is 17.5. The molecule has 37 heavy (non-hydrogen) atoms. The summed E-state index contributed by atoms with van der Waals surface area (Å²) in [6, 6.07) is 3.70. The maximum absolute atomic E-state index is 15.0. The van der Waals surface area contributed by atoms with Gasteiger partial charge in [0.1, 0.15) is 5.82 Å². The Morgan fingerprint density at radius 2 is 1.84 bits per heavy atom. The monoisotopic (exact) mass is 514 g/mol. The number of amides is 4. The normalized spacial score (nSPS) is 34.2. The van der Waals surface area contributed by atoms with Crippen molar-refractivity contribution in [3.8, 4) is 0 Å². The number of urea groups is 1.